The third-order valence-electron chi connectivity index (χ3n) is 4.32. The van der Waals surface area contributed by atoms with Gasteiger partial charge in [0.25, 0.3) is 0 Å². The molecule has 0 atom stereocenters. The number of benzene rings is 2. The number of para-hydroxylation sites is 2. The zero-order valence-electron chi connectivity index (χ0n) is 13.8. The molecule has 3 rings (SSSR count). The fourth-order valence-electron chi connectivity index (χ4n) is 3.05. The van der Waals surface area contributed by atoms with Crippen LogP contribution in [0.3, 0.4) is 0 Å². The van der Waals surface area contributed by atoms with Gasteiger partial charge in [-0.2, -0.15) is 0 Å². The second-order valence-corrected chi connectivity index (χ2v) is 6.68. The Labute approximate surface area is 153 Å². The Morgan fingerprint density at radius 1 is 0.917 bits per heavy atom. The van der Waals surface area contributed by atoms with Crippen LogP contribution in [0.2, 0.25) is 10.0 Å². The molecule has 2 aromatic carbocycles. The highest BCUT2D eigenvalue weighted by Crippen LogP contribution is 2.30. The Kier molecular flexibility index (Phi) is 5.88. The fraction of sp³-hybridized carbons (Fsp3) is 0.368. The number of hydrogen-bond acceptors (Lipinski definition) is 3. The van der Waals surface area contributed by atoms with Gasteiger partial charge in [-0.15, -0.1) is 0 Å². The van der Waals surface area contributed by atoms with Crippen molar-refractivity contribution in [2.24, 2.45) is 0 Å². The van der Waals surface area contributed by atoms with Crippen LogP contribution in [0.1, 0.15) is 12.5 Å². The van der Waals surface area contributed by atoms with Crippen LogP contribution in [0, 0.1) is 0 Å². The van der Waals surface area contributed by atoms with Crippen molar-refractivity contribution in [2.75, 3.05) is 37.7 Å². The van der Waals surface area contributed by atoms with Gasteiger partial charge in [0.05, 0.1) is 12.3 Å². The van der Waals surface area contributed by atoms with Crippen molar-refractivity contribution in [3.63, 3.8) is 0 Å². The number of piperazine rings is 1. The van der Waals surface area contributed by atoms with Crippen LogP contribution < -0.4 is 9.64 Å². The smallest absolute Gasteiger partial charge is 0.142 e. The minimum atomic E-state index is 0.683. The molecule has 5 heteroatoms. The molecule has 1 heterocycles. The Balaban J connectivity index is 1.64. The summed E-state index contributed by atoms with van der Waals surface area (Å²) in [4.78, 5) is 4.78. The zero-order chi connectivity index (χ0) is 16.9. The van der Waals surface area contributed by atoms with Crippen molar-refractivity contribution in [3.8, 4) is 5.75 Å². The number of ether oxygens (including phenoxy) is 1. The third kappa shape index (κ3) is 3.97. The maximum absolute atomic E-state index is 6.29. The Bertz CT molecular complexity index is 665. The Hall–Kier alpha value is -1.42. The standard InChI is InChI=1S/C19H22Cl2N2O/c1-2-24-19-9-4-3-8-18(19)23-12-10-22(11-13-23)14-15-16(20)6-5-7-17(15)21/h3-9H,2,10-14H2,1H3. The molecule has 1 aliphatic heterocycles. The Morgan fingerprint density at radius 2 is 1.58 bits per heavy atom. The molecule has 0 amide bonds. The molecule has 0 aliphatic carbocycles. The van der Waals surface area contributed by atoms with Gasteiger partial charge in [0.1, 0.15) is 5.75 Å². The molecule has 1 saturated heterocycles. The molecule has 0 spiro atoms. The van der Waals surface area contributed by atoms with Gasteiger partial charge in [-0.05, 0) is 31.2 Å². The van der Waals surface area contributed by atoms with Crippen molar-refractivity contribution in [1.29, 1.82) is 0 Å². The minimum absolute atomic E-state index is 0.683. The first-order chi connectivity index (χ1) is 11.7. The predicted molar refractivity (Wildman–Crippen MR) is 102 cm³/mol. The summed E-state index contributed by atoms with van der Waals surface area (Å²) in [6, 6.07) is 13.9. The first kappa shape index (κ1) is 17.4. The molecule has 1 fully saturated rings. The normalized spacial score (nSPS) is 15.5. The summed E-state index contributed by atoms with van der Waals surface area (Å²) in [5, 5.41) is 1.48. The molecule has 0 bridgehead atoms. The third-order valence-corrected chi connectivity index (χ3v) is 5.03. The molecule has 0 unspecified atom stereocenters. The minimum Gasteiger partial charge on any atom is -0.492 e. The van der Waals surface area contributed by atoms with E-state index in [1.165, 1.54) is 5.69 Å². The van der Waals surface area contributed by atoms with Crippen LogP contribution in [0.5, 0.6) is 5.75 Å². The summed E-state index contributed by atoms with van der Waals surface area (Å²) < 4.78 is 5.75. The highest BCUT2D eigenvalue weighted by Gasteiger charge is 2.21. The van der Waals surface area contributed by atoms with Crippen molar-refractivity contribution in [3.05, 3.63) is 58.1 Å². The summed E-state index contributed by atoms with van der Waals surface area (Å²) in [7, 11) is 0. The van der Waals surface area contributed by atoms with Crippen molar-refractivity contribution in [2.45, 2.75) is 13.5 Å². The molecule has 0 saturated carbocycles. The van der Waals surface area contributed by atoms with Crippen molar-refractivity contribution >= 4 is 28.9 Å². The average molecular weight is 365 g/mol. The maximum Gasteiger partial charge on any atom is 0.142 e. The number of anilines is 1. The quantitative estimate of drug-likeness (QED) is 0.763. The van der Waals surface area contributed by atoms with E-state index in [2.05, 4.69) is 21.9 Å². The van der Waals surface area contributed by atoms with E-state index in [1.807, 2.05) is 37.3 Å². The lowest BCUT2D eigenvalue weighted by molar-refractivity contribution is 0.248. The predicted octanol–water partition coefficient (Wildman–Crippen LogP) is 4.71. The lowest BCUT2D eigenvalue weighted by atomic mass is 10.1. The van der Waals surface area contributed by atoms with Crippen molar-refractivity contribution < 1.29 is 4.74 Å². The van der Waals surface area contributed by atoms with Gasteiger partial charge >= 0.3 is 0 Å². The van der Waals surface area contributed by atoms with Gasteiger partial charge in [0.15, 0.2) is 0 Å². The van der Waals surface area contributed by atoms with Crippen molar-refractivity contribution in [1.82, 2.24) is 4.90 Å². The van der Waals surface area contributed by atoms with Gasteiger partial charge in [-0.3, -0.25) is 4.90 Å². The summed E-state index contributed by atoms with van der Waals surface area (Å²) >= 11 is 12.6. The van der Waals surface area contributed by atoms with Crippen LogP contribution in [-0.2, 0) is 6.54 Å². The summed E-state index contributed by atoms with van der Waals surface area (Å²) in [6.45, 7) is 7.37. The maximum atomic E-state index is 6.29. The number of hydrogen-bond donors (Lipinski definition) is 0. The summed E-state index contributed by atoms with van der Waals surface area (Å²) in [6.07, 6.45) is 0. The fourth-order valence-corrected chi connectivity index (χ4v) is 3.57. The van der Waals surface area contributed by atoms with Gasteiger partial charge in [-0.1, -0.05) is 41.4 Å². The van der Waals surface area contributed by atoms with E-state index in [9.17, 15) is 0 Å². The highest BCUT2D eigenvalue weighted by atomic mass is 35.5. The first-order valence-electron chi connectivity index (χ1n) is 8.31. The molecule has 128 valence electrons. The lowest BCUT2D eigenvalue weighted by Crippen LogP contribution is -2.46. The van der Waals surface area contributed by atoms with E-state index >= 15 is 0 Å². The molecular formula is C19H22Cl2N2O. The van der Waals surface area contributed by atoms with E-state index in [0.717, 1.165) is 54.1 Å². The number of halogens is 2. The molecular weight excluding hydrogens is 343 g/mol. The second kappa shape index (κ2) is 8.11. The second-order valence-electron chi connectivity index (χ2n) is 5.86. The van der Waals surface area contributed by atoms with E-state index in [4.69, 9.17) is 27.9 Å². The van der Waals surface area contributed by atoms with Gasteiger partial charge in [0.2, 0.25) is 0 Å². The first-order valence-corrected chi connectivity index (χ1v) is 9.06. The van der Waals surface area contributed by atoms with E-state index in [1.54, 1.807) is 0 Å². The average Bonchev–Trinajstić information content (AvgIpc) is 2.60. The molecule has 0 N–H and O–H groups in total. The topological polar surface area (TPSA) is 15.7 Å². The molecule has 1 aliphatic rings. The largest absolute Gasteiger partial charge is 0.492 e. The van der Waals surface area contributed by atoms with E-state index < -0.39 is 0 Å². The van der Waals surface area contributed by atoms with E-state index in [-0.39, 0.29) is 0 Å². The summed E-state index contributed by atoms with van der Waals surface area (Å²) in [5.41, 5.74) is 2.19. The van der Waals surface area contributed by atoms with Gasteiger partial charge in [0, 0.05) is 48.3 Å². The molecule has 0 aromatic heterocycles. The zero-order valence-corrected chi connectivity index (χ0v) is 15.4. The highest BCUT2D eigenvalue weighted by molar-refractivity contribution is 6.35. The van der Waals surface area contributed by atoms with Gasteiger partial charge < -0.3 is 9.64 Å². The van der Waals surface area contributed by atoms with Gasteiger partial charge in [-0.25, -0.2) is 0 Å². The lowest BCUT2D eigenvalue weighted by Gasteiger charge is -2.37. The molecule has 2 aromatic rings. The van der Waals surface area contributed by atoms with Crippen LogP contribution in [-0.4, -0.2) is 37.7 Å². The van der Waals surface area contributed by atoms with Crippen LogP contribution in [0.4, 0.5) is 5.69 Å². The van der Waals surface area contributed by atoms with Crippen LogP contribution >= 0.6 is 23.2 Å². The molecule has 0 radical (unpaired) electrons. The molecule has 3 nitrogen and oxygen atoms in total. The van der Waals surface area contributed by atoms with Crippen LogP contribution in [0.25, 0.3) is 0 Å². The van der Waals surface area contributed by atoms with E-state index in [0.29, 0.717) is 6.61 Å². The number of rotatable bonds is 5. The summed E-state index contributed by atoms with van der Waals surface area (Å²) in [5.74, 6) is 0.961. The number of nitrogens with zero attached hydrogens (tertiary/aromatic N) is 2. The molecule has 24 heavy (non-hydrogen) atoms. The monoisotopic (exact) mass is 364 g/mol. The SMILES string of the molecule is CCOc1ccccc1N1CCN(Cc2c(Cl)cccc2Cl)CC1. The Morgan fingerprint density at radius 3 is 2.25 bits per heavy atom. The van der Waals surface area contributed by atoms with Crippen LogP contribution in [0.15, 0.2) is 42.5 Å².